The highest BCUT2D eigenvalue weighted by atomic mass is 35.5. The molecule has 0 bridgehead atoms. The first-order valence-electron chi connectivity index (χ1n) is 6.41. The van der Waals surface area contributed by atoms with Gasteiger partial charge in [-0.25, -0.2) is 4.98 Å². The van der Waals surface area contributed by atoms with E-state index in [1.165, 1.54) is 0 Å². The second-order valence-electron chi connectivity index (χ2n) is 4.81. The summed E-state index contributed by atoms with van der Waals surface area (Å²) in [4.78, 5) is 15.8. The summed E-state index contributed by atoms with van der Waals surface area (Å²) in [5, 5.41) is 2.09. The summed E-state index contributed by atoms with van der Waals surface area (Å²) in [6, 6.07) is 12.8. The van der Waals surface area contributed by atoms with Crippen molar-refractivity contribution in [3.8, 4) is 11.3 Å². The largest absolute Gasteiger partial charge is 0.298 e. The van der Waals surface area contributed by atoms with Crippen LogP contribution in [-0.4, -0.2) is 11.3 Å². The topological polar surface area (TPSA) is 30.0 Å². The smallest absolute Gasteiger partial charge is 0.152 e. The third-order valence-electron chi connectivity index (χ3n) is 3.41. The molecule has 0 N–H and O–H groups in total. The quantitative estimate of drug-likeness (QED) is 0.598. The summed E-state index contributed by atoms with van der Waals surface area (Å²) in [7, 11) is 0. The first kappa shape index (κ1) is 14.1. The van der Waals surface area contributed by atoms with E-state index in [-0.39, 0.29) is 0 Å². The molecule has 0 amide bonds. The van der Waals surface area contributed by atoms with Crippen LogP contribution >= 0.6 is 23.2 Å². The van der Waals surface area contributed by atoms with Gasteiger partial charge in [-0.3, -0.25) is 4.79 Å². The van der Waals surface area contributed by atoms with Gasteiger partial charge >= 0.3 is 0 Å². The summed E-state index contributed by atoms with van der Waals surface area (Å²) in [6.45, 7) is 1.96. The highest BCUT2D eigenvalue weighted by Gasteiger charge is 2.11. The van der Waals surface area contributed by atoms with Crippen LogP contribution in [-0.2, 0) is 0 Å². The average molecular weight is 316 g/mol. The zero-order valence-corrected chi connectivity index (χ0v) is 12.7. The minimum absolute atomic E-state index is 0.535. The molecule has 1 heterocycles. The highest BCUT2D eigenvalue weighted by Crippen LogP contribution is 2.31. The molecule has 2 nitrogen and oxygen atoms in total. The lowest BCUT2D eigenvalue weighted by molar-refractivity contribution is 0.112. The lowest BCUT2D eigenvalue weighted by atomic mass is 10.0. The second-order valence-corrected chi connectivity index (χ2v) is 5.65. The van der Waals surface area contributed by atoms with Crippen LogP contribution in [0.2, 0.25) is 10.0 Å². The van der Waals surface area contributed by atoms with Gasteiger partial charge in [0.2, 0.25) is 0 Å². The van der Waals surface area contributed by atoms with Crippen LogP contribution < -0.4 is 0 Å². The van der Waals surface area contributed by atoms with E-state index < -0.39 is 0 Å². The van der Waals surface area contributed by atoms with Gasteiger partial charge in [-0.1, -0.05) is 35.3 Å². The number of benzene rings is 2. The highest BCUT2D eigenvalue weighted by molar-refractivity contribution is 6.36. The van der Waals surface area contributed by atoms with Gasteiger partial charge in [-0.15, -0.1) is 0 Å². The number of fused-ring (bicyclic) bond motifs is 1. The Kier molecular flexibility index (Phi) is 3.66. The minimum atomic E-state index is 0.535. The van der Waals surface area contributed by atoms with Crippen molar-refractivity contribution in [2.75, 3.05) is 0 Å². The lowest BCUT2D eigenvalue weighted by Crippen LogP contribution is -1.94. The van der Waals surface area contributed by atoms with Crippen molar-refractivity contribution in [1.82, 2.24) is 4.98 Å². The van der Waals surface area contributed by atoms with Gasteiger partial charge in [0, 0.05) is 21.5 Å². The molecule has 3 rings (SSSR count). The van der Waals surface area contributed by atoms with Crippen molar-refractivity contribution in [2.45, 2.75) is 6.92 Å². The number of nitrogens with zero attached hydrogens (tertiary/aromatic N) is 1. The molecule has 0 spiro atoms. The maximum Gasteiger partial charge on any atom is 0.152 e. The average Bonchev–Trinajstić information content (AvgIpc) is 2.48. The number of aryl methyl sites for hydroxylation is 1. The Morgan fingerprint density at radius 1 is 1.05 bits per heavy atom. The molecule has 0 unspecified atom stereocenters. The summed E-state index contributed by atoms with van der Waals surface area (Å²) in [5.74, 6) is 0. The van der Waals surface area contributed by atoms with Crippen LogP contribution in [0.25, 0.3) is 22.2 Å². The van der Waals surface area contributed by atoms with Crippen LogP contribution in [0.1, 0.15) is 15.9 Å². The third kappa shape index (κ3) is 2.53. The van der Waals surface area contributed by atoms with Crippen molar-refractivity contribution >= 4 is 40.4 Å². The first-order chi connectivity index (χ1) is 10.1. The van der Waals surface area contributed by atoms with Crippen LogP contribution in [0.5, 0.6) is 0 Å². The molecule has 0 saturated carbocycles. The Bertz CT molecular complexity index is 842. The minimum Gasteiger partial charge on any atom is -0.298 e. The van der Waals surface area contributed by atoms with Crippen LogP contribution in [0.15, 0.2) is 42.5 Å². The van der Waals surface area contributed by atoms with Crippen molar-refractivity contribution < 1.29 is 4.79 Å². The summed E-state index contributed by atoms with van der Waals surface area (Å²) in [6.07, 6.45) is 0.802. The molecule has 0 saturated heterocycles. The number of hydrogen-bond acceptors (Lipinski definition) is 2. The molecule has 3 aromatic rings. The number of aromatic nitrogens is 1. The van der Waals surface area contributed by atoms with E-state index in [0.29, 0.717) is 21.1 Å². The second kappa shape index (κ2) is 5.47. The van der Waals surface area contributed by atoms with Gasteiger partial charge < -0.3 is 0 Å². The zero-order chi connectivity index (χ0) is 15.0. The van der Waals surface area contributed by atoms with Crippen LogP contribution in [0.4, 0.5) is 0 Å². The molecule has 104 valence electrons. The lowest BCUT2D eigenvalue weighted by Gasteiger charge is -2.10. The van der Waals surface area contributed by atoms with Crippen molar-refractivity contribution in [3.63, 3.8) is 0 Å². The van der Waals surface area contributed by atoms with Crippen molar-refractivity contribution in [1.29, 1.82) is 0 Å². The standard InChI is InChI=1S/C17H11Cl2NO/c1-10-8-15(11-2-5-13(18)6-3-11)20-17-12(9-21)4-7-14(19)16(10)17/h2-9H,1H3. The number of carbonyl (C=O) groups excluding carboxylic acids is 1. The van der Waals surface area contributed by atoms with Gasteiger partial charge in [0.15, 0.2) is 6.29 Å². The summed E-state index contributed by atoms with van der Waals surface area (Å²) >= 11 is 12.1. The predicted molar refractivity (Wildman–Crippen MR) is 87.3 cm³/mol. The monoisotopic (exact) mass is 315 g/mol. The number of pyridine rings is 1. The van der Waals surface area contributed by atoms with E-state index in [4.69, 9.17) is 23.2 Å². The molecular weight excluding hydrogens is 305 g/mol. The maximum absolute atomic E-state index is 11.2. The Balaban J connectivity index is 2.32. The molecule has 21 heavy (non-hydrogen) atoms. The number of carbonyl (C=O) groups is 1. The van der Waals surface area contributed by atoms with Crippen LogP contribution in [0.3, 0.4) is 0 Å². The Morgan fingerprint density at radius 3 is 2.43 bits per heavy atom. The molecule has 0 radical (unpaired) electrons. The molecule has 1 aromatic heterocycles. The van der Waals surface area contributed by atoms with Crippen molar-refractivity contribution in [2.24, 2.45) is 0 Å². The zero-order valence-electron chi connectivity index (χ0n) is 11.2. The van der Waals surface area contributed by atoms with E-state index in [0.717, 1.165) is 28.5 Å². The molecule has 0 aliphatic heterocycles. The van der Waals surface area contributed by atoms with E-state index in [1.807, 2.05) is 37.3 Å². The molecule has 0 fully saturated rings. The van der Waals surface area contributed by atoms with Crippen molar-refractivity contribution in [3.05, 3.63) is 63.6 Å². The van der Waals surface area contributed by atoms with Gasteiger partial charge in [0.1, 0.15) is 0 Å². The molecule has 2 aromatic carbocycles. The molecule has 0 aliphatic rings. The number of halogens is 2. The number of hydrogen-bond donors (Lipinski definition) is 0. The molecular formula is C17H11Cl2NO. The Morgan fingerprint density at radius 2 is 1.76 bits per heavy atom. The van der Waals surface area contributed by atoms with Gasteiger partial charge in [0.25, 0.3) is 0 Å². The predicted octanol–water partition coefficient (Wildman–Crippen LogP) is 5.33. The Hall–Kier alpha value is -1.90. The fourth-order valence-corrected chi connectivity index (χ4v) is 2.80. The third-order valence-corrected chi connectivity index (χ3v) is 3.97. The van der Waals surface area contributed by atoms with E-state index in [1.54, 1.807) is 12.1 Å². The molecule has 0 aliphatic carbocycles. The van der Waals surface area contributed by atoms with Gasteiger partial charge in [0.05, 0.1) is 16.2 Å². The molecule has 4 heteroatoms. The maximum atomic E-state index is 11.2. The van der Waals surface area contributed by atoms with E-state index in [9.17, 15) is 4.79 Å². The number of rotatable bonds is 2. The number of aldehydes is 1. The summed E-state index contributed by atoms with van der Waals surface area (Å²) < 4.78 is 0. The summed E-state index contributed by atoms with van der Waals surface area (Å²) in [5.41, 5.74) is 3.89. The fraction of sp³-hybridized carbons (Fsp3) is 0.0588. The normalized spacial score (nSPS) is 10.8. The van der Waals surface area contributed by atoms with E-state index in [2.05, 4.69) is 4.98 Å². The fourth-order valence-electron chi connectivity index (χ4n) is 2.37. The molecule has 0 atom stereocenters. The van der Waals surface area contributed by atoms with Crippen LogP contribution in [0, 0.1) is 6.92 Å². The SMILES string of the molecule is Cc1cc(-c2ccc(Cl)cc2)nc2c(C=O)ccc(Cl)c12. The Labute approximate surface area is 132 Å². The van der Waals surface area contributed by atoms with Gasteiger partial charge in [-0.05, 0) is 42.8 Å². The van der Waals surface area contributed by atoms with Gasteiger partial charge in [-0.2, -0.15) is 0 Å². The first-order valence-corrected chi connectivity index (χ1v) is 7.16. The van der Waals surface area contributed by atoms with E-state index >= 15 is 0 Å².